The number of ether oxygens (including phenoxy) is 1. The first-order chi connectivity index (χ1) is 18.1. The molecule has 190 valence electrons. The molecule has 2 aromatic heterocycles. The topological polar surface area (TPSA) is 103 Å². The molecule has 12 heteroatoms. The molecule has 0 aliphatic carbocycles. The molecule has 5 rings (SSSR count). The second kappa shape index (κ2) is 11.4. The summed E-state index contributed by atoms with van der Waals surface area (Å²) in [5, 5.41) is 8.06. The second-order valence-corrected chi connectivity index (χ2v) is 8.80. The number of likely N-dealkylation sites (N-methyl/N-ethyl adjacent to an activating group) is 1. The van der Waals surface area contributed by atoms with Gasteiger partial charge in [0.15, 0.2) is 5.83 Å². The van der Waals surface area contributed by atoms with E-state index < -0.39 is 6.17 Å². The standard InChI is InChI=1S/C25H25ClFN9O/c1-35-24(36-6-8-37-9-7-36)22(27)15-31-25(35)34-32-14-19-3-4-20(13-30-19)33-23-5-2-17(10-21(23)26)18-11-28-16-29-12-18/h2-5,10-16,24,33H,6-9H2,1H3,(H,31,34)/b32-14+. The van der Waals surface area contributed by atoms with Gasteiger partial charge in [0.2, 0.25) is 5.96 Å². The highest BCUT2D eigenvalue weighted by Crippen LogP contribution is 2.30. The summed E-state index contributed by atoms with van der Waals surface area (Å²) in [6.45, 7) is 2.45. The Morgan fingerprint density at radius 2 is 1.92 bits per heavy atom. The number of morpholine rings is 1. The Bertz CT molecular complexity index is 1310. The van der Waals surface area contributed by atoms with E-state index in [2.05, 4.69) is 35.8 Å². The minimum atomic E-state index is -0.538. The molecule has 1 unspecified atom stereocenters. The number of guanidine groups is 1. The first-order valence-corrected chi connectivity index (χ1v) is 12.0. The van der Waals surface area contributed by atoms with E-state index in [-0.39, 0.29) is 5.83 Å². The fourth-order valence-electron chi connectivity index (χ4n) is 4.04. The first-order valence-electron chi connectivity index (χ1n) is 11.6. The summed E-state index contributed by atoms with van der Waals surface area (Å²) in [4.78, 5) is 20.4. The van der Waals surface area contributed by atoms with Crippen molar-refractivity contribution in [1.29, 1.82) is 0 Å². The van der Waals surface area contributed by atoms with E-state index in [4.69, 9.17) is 16.3 Å². The summed E-state index contributed by atoms with van der Waals surface area (Å²) in [5.41, 5.74) is 6.85. The Labute approximate surface area is 218 Å². The van der Waals surface area contributed by atoms with Gasteiger partial charge in [0.1, 0.15) is 12.5 Å². The maximum absolute atomic E-state index is 14.5. The number of hydrogen-bond donors (Lipinski definition) is 2. The third kappa shape index (κ3) is 5.91. The Kier molecular flexibility index (Phi) is 7.64. The Morgan fingerprint density at radius 1 is 1.11 bits per heavy atom. The molecule has 2 N–H and O–H groups in total. The quantitative estimate of drug-likeness (QED) is 0.374. The average molecular weight is 522 g/mol. The summed E-state index contributed by atoms with van der Waals surface area (Å²) in [6.07, 6.45) is 8.91. The lowest BCUT2D eigenvalue weighted by Gasteiger charge is -2.40. The molecular formula is C25H25ClFN9O. The van der Waals surface area contributed by atoms with Crippen LogP contribution in [-0.4, -0.2) is 76.4 Å². The van der Waals surface area contributed by atoms with Crippen molar-refractivity contribution in [3.63, 3.8) is 0 Å². The van der Waals surface area contributed by atoms with Gasteiger partial charge in [-0.1, -0.05) is 17.7 Å². The molecule has 0 radical (unpaired) electrons. The van der Waals surface area contributed by atoms with Crippen molar-refractivity contribution in [2.45, 2.75) is 6.17 Å². The number of nitrogens with zero attached hydrogens (tertiary/aromatic N) is 7. The van der Waals surface area contributed by atoms with Gasteiger partial charge >= 0.3 is 0 Å². The second-order valence-electron chi connectivity index (χ2n) is 8.39. The van der Waals surface area contributed by atoms with Crippen LogP contribution in [0.5, 0.6) is 0 Å². The minimum Gasteiger partial charge on any atom is -0.379 e. The van der Waals surface area contributed by atoms with E-state index in [1.807, 2.05) is 35.2 Å². The number of halogens is 2. The van der Waals surface area contributed by atoms with Gasteiger partial charge in [0.25, 0.3) is 0 Å². The zero-order valence-electron chi connectivity index (χ0n) is 20.1. The van der Waals surface area contributed by atoms with Crippen molar-refractivity contribution in [3.05, 3.63) is 78.0 Å². The van der Waals surface area contributed by atoms with Crippen LogP contribution >= 0.6 is 11.6 Å². The number of hydrazone groups is 1. The zero-order valence-corrected chi connectivity index (χ0v) is 20.8. The summed E-state index contributed by atoms with van der Waals surface area (Å²) < 4.78 is 19.9. The molecule has 2 aliphatic rings. The Morgan fingerprint density at radius 3 is 2.65 bits per heavy atom. The van der Waals surface area contributed by atoms with Crippen molar-refractivity contribution >= 4 is 35.1 Å². The fraction of sp³-hybridized carbons (Fsp3) is 0.240. The third-order valence-electron chi connectivity index (χ3n) is 5.94. The smallest absolute Gasteiger partial charge is 0.220 e. The van der Waals surface area contributed by atoms with Gasteiger partial charge < -0.3 is 15.0 Å². The van der Waals surface area contributed by atoms with E-state index in [0.717, 1.165) is 22.5 Å². The summed E-state index contributed by atoms with van der Waals surface area (Å²) in [5.74, 6) is 0.125. The van der Waals surface area contributed by atoms with Crippen LogP contribution in [0.3, 0.4) is 0 Å². The van der Waals surface area contributed by atoms with Gasteiger partial charge in [-0.25, -0.2) is 24.8 Å². The number of anilines is 2. The molecule has 1 aromatic carbocycles. The molecule has 0 amide bonds. The number of aromatic nitrogens is 3. The molecule has 3 aromatic rings. The predicted molar refractivity (Wildman–Crippen MR) is 141 cm³/mol. The van der Waals surface area contributed by atoms with E-state index in [9.17, 15) is 4.39 Å². The van der Waals surface area contributed by atoms with Crippen LogP contribution in [0.15, 0.2) is 77.4 Å². The molecule has 10 nitrogen and oxygen atoms in total. The highest BCUT2D eigenvalue weighted by molar-refractivity contribution is 6.33. The van der Waals surface area contributed by atoms with E-state index in [1.54, 1.807) is 36.8 Å². The summed E-state index contributed by atoms with van der Waals surface area (Å²) >= 11 is 6.48. The highest BCUT2D eigenvalue weighted by Gasteiger charge is 2.32. The van der Waals surface area contributed by atoms with E-state index >= 15 is 0 Å². The van der Waals surface area contributed by atoms with Gasteiger partial charge in [-0.3, -0.25) is 9.88 Å². The molecule has 1 saturated heterocycles. The monoisotopic (exact) mass is 521 g/mol. The maximum Gasteiger partial charge on any atom is 0.220 e. The van der Waals surface area contributed by atoms with Crippen LogP contribution in [0, 0.1) is 0 Å². The van der Waals surface area contributed by atoms with Crippen LogP contribution in [0.4, 0.5) is 15.8 Å². The zero-order chi connectivity index (χ0) is 25.6. The van der Waals surface area contributed by atoms with Gasteiger partial charge in [-0.15, -0.1) is 0 Å². The van der Waals surface area contributed by atoms with Crippen LogP contribution in [-0.2, 0) is 4.74 Å². The lowest BCUT2D eigenvalue weighted by molar-refractivity contribution is -0.00606. The van der Waals surface area contributed by atoms with Crippen LogP contribution in [0.1, 0.15) is 5.69 Å². The fourth-order valence-corrected chi connectivity index (χ4v) is 4.27. The summed E-state index contributed by atoms with van der Waals surface area (Å²) in [7, 11) is 1.78. The molecule has 2 aliphatic heterocycles. The third-order valence-corrected chi connectivity index (χ3v) is 6.25. The summed E-state index contributed by atoms with van der Waals surface area (Å²) in [6, 6.07) is 9.40. The van der Waals surface area contributed by atoms with Crippen molar-refractivity contribution in [2.75, 3.05) is 38.7 Å². The number of aliphatic imine (C=N–C) groups is 1. The van der Waals surface area contributed by atoms with Gasteiger partial charge in [-0.05, 0) is 29.8 Å². The van der Waals surface area contributed by atoms with Gasteiger partial charge in [0, 0.05) is 38.1 Å². The molecule has 1 atom stereocenters. The SMILES string of the molecule is CN1C(N/N=C/c2ccc(Nc3ccc(-c4cncnc4)cc3Cl)cn2)=NC=C(F)C1N1CCOCC1. The largest absolute Gasteiger partial charge is 0.379 e. The van der Waals surface area contributed by atoms with Gasteiger partial charge in [-0.2, -0.15) is 5.10 Å². The highest BCUT2D eigenvalue weighted by atomic mass is 35.5. The first kappa shape index (κ1) is 24.8. The van der Waals surface area contributed by atoms with Crippen molar-refractivity contribution < 1.29 is 9.13 Å². The number of rotatable bonds is 6. The van der Waals surface area contributed by atoms with Crippen molar-refractivity contribution in [3.8, 4) is 11.1 Å². The normalized spacial score (nSPS) is 18.5. The maximum atomic E-state index is 14.5. The number of hydrogen-bond acceptors (Lipinski definition) is 10. The molecule has 0 spiro atoms. The van der Waals surface area contributed by atoms with Gasteiger partial charge in [0.05, 0.1) is 53.9 Å². The minimum absolute atomic E-state index is 0.312. The van der Waals surface area contributed by atoms with Crippen molar-refractivity contribution in [2.24, 2.45) is 10.1 Å². The molecule has 37 heavy (non-hydrogen) atoms. The van der Waals surface area contributed by atoms with Crippen LogP contribution < -0.4 is 10.7 Å². The molecule has 0 saturated carbocycles. The lowest BCUT2D eigenvalue weighted by Crippen LogP contribution is -2.56. The number of pyridine rings is 1. The molecule has 4 heterocycles. The molecule has 0 bridgehead atoms. The van der Waals surface area contributed by atoms with E-state index in [1.165, 1.54) is 12.5 Å². The van der Waals surface area contributed by atoms with Crippen LogP contribution in [0.25, 0.3) is 11.1 Å². The number of nitrogens with one attached hydrogen (secondary N) is 2. The van der Waals surface area contributed by atoms with Crippen LogP contribution in [0.2, 0.25) is 5.02 Å². The Hall–Kier alpha value is -3.93. The average Bonchev–Trinajstić information content (AvgIpc) is 2.93. The molecular weight excluding hydrogens is 497 g/mol. The number of benzene rings is 1. The molecule has 1 fully saturated rings. The lowest BCUT2D eigenvalue weighted by atomic mass is 10.1. The Balaban J connectivity index is 1.19. The van der Waals surface area contributed by atoms with Crippen molar-refractivity contribution in [1.82, 2.24) is 30.2 Å². The predicted octanol–water partition coefficient (Wildman–Crippen LogP) is 3.63. The van der Waals surface area contributed by atoms with E-state index in [0.29, 0.717) is 43.0 Å².